The molecule has 2 fully saturated rings. The predicted octanol–water partition coefficient (Wildman–Crippen LogP) is 3.01. The lowest BCUT2D eigenvalue weighted by atomic mass is 9.70. The minimum Gasteiger partial charge on any atom is -0.469 e. The summed E-state index contributed by atoms with van der Waals surface area (Å²) < 4.78 is 5.21. The van der Waals surface area contributed by atoms with Crippen LogP contribution in [0.2, 0.25) is 0 Å². The molecule has 0 bridgehead atoms. The number of carbonyl (C=O) groups excluding carboxylic acids is 1. The second-order valence-corrected chi connectivity index (χ2v) is 8.55. The van der Waals surface area contributed by atoms with Crippen molar-refractivity contribution in [2.75, 3.05) is 39.8 Å². The molecule has 1 unspecified atom stereocenters. The van der Waals surface area contributed by atoms with Gasteiger partial charge >= 0.3 is 5.97 Å². The van der Waals surface area contributed by atoms with Gasteiger partial charge in [-0.1, -0.05) is 36.4 Å². The molecule has 3 heterocycles. The van der Waals surface area contributed by atoms with E-state index >= 15 is 0 Å². The number of likely N-dealkylation sites (tertiary alicyclic amines) is 2. The third-order valence-electron chi connectivity index (χ3n) is 6.74. The molecular formula is C24H31N3O2. The van der Waals surface area contributed by atoms with Crippen molar-refractivity contribution in [1.82, 2.24) is 14.8 Å². The van der Waals surface area contributed by atoms with Crippen molar-refractivity contribution >= 4 is 5.97 Å². The molecule has 29 heavy (non-hydrogen) atoms. The number of esters is 1. The van der Waals surface area contributed by atoms with E-state index in [1.54, 1.807) is 0 Å². The van der Waals surface area contributed by atoms with Crippen molar-refractivity contribution in [3.63, 3.8) is 0 Å². The molecule has 5 nitrogen and oxygen atoms in total. The summed E-state index contributed by atoms with van der Waals surface area (Å²) in [6.45, 7) is 5.80. The smallest absolute Gasteiger partial charge is 0.310 e. The molecule has 1 atom stereocenters. The molecule has 1 aromatic carbocycles. The van der Waals surface area contributed by atoms with Crippen molar-refractivity contribution in [2.45, 2.75) is 25.8 Å². The number of aromatic nitrogens is 1. The molecule has 4 rings (SSSR count). The lowest BCUT2D eigenvalue weighted by molar-refractivity contribution is -0.149. The van der Waals surface area contributed by atoms with Gasteiger partial charge in [0.1, 0.15) is 0 Å². The minimum atomic E-state index is -0.0343. The van der Waals surface area contributed by atoms with Crippen LogP contribution >= 0.6 is 0 Å². The molecule has 2 saturated heterocycles. The van der Waals surface area contributed by atoms with Crippen LogP contribution in [0, 0.1) is 11.3 Å². The van der Waals surface area contributed by atoms with Crippen LogP contribution < -0.4 is 0 Å². The van der Waals surface area contributed by atoms with E-state index in [1.807, 2.05) is 18.5 Å². The molecular weight excluding hydrogens is 362 g/mol. The standard InChI is InChI=1S/C24H31N3O2/c1-29-23(28)22-18-27(13-9-20-6-3-2-4-7-20)19-24(22)10-14-26(15-11-24)17-21-8-5-12-25-16-21/h2-8,12,16,22H,9-11,13-15,17-19H2,1H3. The quantitative estimate of drug-likeness (QED) is 0.706. The molecule has 1 spiro atoms. The maximum atomic E-state index is 12.6. The second-order valence-electron chi connectivity index (χ2n) is 8.55. The van der Waals surface area contributed by atoms with Gasteiger partial charge in [-0.05, 0) is 49.5 Å². The zero-order chi connectivity index (χ0) is 20.1. The number of rotatable bonds is 6. The number of piperidine rings is 1. The Kier molecular flexibility index (Phi) is 6.26. The Morgan fingerprint density at radius 1 is 1.10 bits per heavy atom. The highest BCUT2D eigenvalue weighted by atomic mass is 16.5. The zero-order valence-electron chi connectivity index (χ0n) is 17.3. The van der Waals surface area contributed by atoms with Crippen LogP contribution in [0.4, 0.5) is 0 Å². The number of hydrogen-bond donors (Lipinski definition) is 0. The first-order chi connectivity index (χ1) is 14.2. The third kappa shape index (κ3) is 4.68. The Morgan fingerprint density at radius 2 is 1.86 bits per heavy atom. The van der Waals surface area contributed by atoms with Gasteiger partial charge in [0.05, 0.1) is 13.0 Å². The fourth-order valence-corrected chi connectivity index (χ4v) is 5.05. The molecule has 0 radical (unpaired) electrons. The van der Waals surface area contributed by atoms with Crippen molar-refractivity contribution < 1.29 is 9.53 Å². The van der Waals surface area contributed by atoms with E-state index in [4.69, 9.17) is 4.74 Å². The lowest BCUT2D eigenvalue weighted by Gasteiger charge is -2.41. The second kappa shape index (κ2) is 9.06. The average molecular weight is 394 g/mol. The van der Waals surface area contributed by atoms with Crippen LogP contribution in [-0.4, -0.2) is 60.6 Å². The topological polar surface area (TPSA) is 45.7 Å². The normalized spacial score (nSPS) is 22.0. The Labute approximate surface area is 173 Å². The minimum absolute atomic E-state index is 0.0104. The molecule has 2 aromatic rings. The Hall–Kier alpha value is -2.24. The number of ether oxygens (including phenoxy) is 1. The van der Waals surface area contributed by atoms with Crippen LogP contribution in [0.1, 0.15) is 24.0 Å². The number of benzene rings is 1. The Balaban J connectivity index is 1.38. The first-order valence-corrected chi connectivity index (χ1v) is 10.6. The molecule has 2 aliphatic rings. The van der Waals surface area contributed by atoms with Gasteiger partial charge in [0.2, 0.25) is 0 Å². The summed E-state index contributed by atoms with van der Waals surface area (Å²) in [4.78, 5) is 21.8. The van der Waals surface area contributed by atoms with Gasteiger partial charge in [-0.25, -0.2) is 0 Å². The lowest BCUT2D eigenvalue weighted by Crippen LogP contribution is -2.46. The van der Waals surface area contributed by atoms with E-state index < -0.39 is 0 Å². The molecule has 0 amide bonds. The fourth-order valence-electron chi connectivity index (χ4n) is 5.05. The molecule has 0 aliphatic carbocycles. The van der Waals surface area contributed by atoms with Crippen molar-refractivity contribution in [3.05, 3.63) is 66.0 Å². The van der Waals surface area contributed by atoms with Crippen LogP contribution in [0.3, 0.4) is 0 Å². The van der Waals surface area contributed by atoms with Gasteiger partial charge in [0.15, 0.2) is 0 Å². The van der Waals surface area contributed by atoms with Gasteiger partial charge in [0.25, 0.3) is 0 Å². The van der Waals surface area contributed by atoms with Gasteiger partial charge < -0.3 is 9.64 Å². The largest absolute Gasteiger partial charge is 0.469 e. The molecule has 0 saturated carbocycles. The van der Waals surface area contributed by atoms with Gasteiger partial charge in [-0.2, -0.15) is 0 Å². The summed E-state index contributed by atoms with van der Waals surface area (Å²) in [5.41, 5.74) is 2.66. The van der Waals surface area contributed by atoms with Crippen LogP contribution in [0.5, 0.6) is 0 Å². The van der Waals surface area contributed by atoms with Crippen LogP contribution in [0.25, 0.3) is 0 Å². The van der Waals surface area contributed by atoms with Crippen molar-refractivity contribution in [1.29, 1.82) is 0 Å². The average Bonchev–Trinajstić information content (AvgIpc) is 3.13. The summed E-state index contributed by atoms with van der Waals surface area (Å²) in [7, 11) is 1.53. The van der Waals surface area contributed by atoms with Gasteiger partial charge in [-0.15, -0.1) is 0 Å². The van der Waals surface area contributed by atoms with Crippen LogP contribution in [0.15, 0.2) is 54.9 Å². The monoisotopic (exact) mass is 393 g/mol. The SMILES string of the molecule is COC(=O)C1CN(CCc2ccccc2)CC12CCN(Cc1cccnc1)CC2. The maximum absolute atomic E-state index is 12.6. The van der Waals surface area contributed by atoms with Gasteiger partial charge in [0, 0.05) is 44.0 Å². The van der Waals surface area contributed by atoms with E-state index in [0.717, 1.165) is 58.5 Å². The van der Waals surface area contributed by atoms with E-state index in [0.29, 0.717) is 0 Å². The Morgan fingerprint density at radius 3 is 2.55 bits per heavy atom. The van der Waals surface area contributed by atoms with E-state index in [1.165, 1.54) is 18.2 Å². The zero-order valence-corrected chi connectivity index (χ0v) is 17.3. The highest BCUT2D eigenvalue weighted by Gasteiger charge is 2.51. The summed E-state index contributed by atoms with van der Waals surface area (Å²) in [5, 5.41) is 0. The number of hydrogen-bond acceptors (Lipinski definition) is 5. The molecule has 5 heteroatoms. The van der Waals surface area contributed by atoms with Crippen molar-refractivity contribution in [2.24, 2.45) is 11.3 Å². The molecule has 2 aliphatic heterocycles. The van der Waals surface area contributed by atoms with E-state index in [-0.39, 0.29) is 17.3 Å². The summed E-state index contributed by atoms with van der Waals surface area (Å²) in [6.07, 6.45) is 6.89. The summed E-state index contributed by atoms with van der Waals surface area (Å²) in [5.74, 6) is -0.0447. The van der Waals surface area contributed by atoms with Crippen molar-refractivity contribution in [3.8, 4) is 0 Å². The third-order valence-corrected chi connectivity index (χ3v) is 6.74. The molecule has 1 aromatic heterocycles. The Bertz CT molecular complexity index is 788. The fraction of sp³-hybridized carbons (Fsp3) is 0.500. The first-order valence-electron chi connectivity index (χ1n) is 10.6. The number of carbonyl (C=O) groups is 1. The molecule has 0 N–H and O–H groups in total. The predicted molar refractivity (Wildman–Crippen MR) is 113 cm³/mol. The highest BCUT2D eigenvalue weighted by molar-refractivity contribution is 5.74. The van der Waals surface area contributed by atoms with Crippen LogP contribution in [-0.2, 0) is 22.5 Å². The first kappa shape index (κ1) is 20.0. The van der Waals surface area contributed by atoms with E-state index in [2.05, 4.69) is 51.2 Å². The maximum Gasteiger partial charge on any atom is 0.310 e. The molecule has 154 valence electrons. The summed E-state index contributed by atoms with van der Waals surface area (Å²) >= 11 is 0. The number of nitrogens with zero attached hydrogens (tertiary/aromatic N) is 3. The highest BCUT2D eigenvalue weighted by Crippen LogP contribution is 2.45. The van der Waals surface area contributed by atoms with Gasteiger partial charge in [-0.3, -0.25) is 14.7 Å². The summed E-state index contributed by atoms with van der Waals surface area (Å²) in [6, 6.07) is 14.7. The van der Waals surface area contributed by atoms with E-state index in [9.17, 15) is 4.79 Å². The number of methoxy groups -OCH3 is 1. The number of pyridine rings is 1.